The van der Waals surface area contributed by atoms with Crippen molar-refractivity contribution in [3.05, 3.63) is 18.5 Å². The van der Waals surface area contributed by atoms with Gasteiger partial charge < -0.3 is 36.5 Å². The van der Waals surface area contributed by atoms with Crippen LogP contribution in [0.3, 0.4) is 0 Å². The topological polar surface area (TPSA) is 158 Å². The van der Waals surface area contributed by atoms with Gasteiger partial charge in [0, 0.05) is 13.1 Å². The average Bonchev–Trinajstić information content (AvgIpc) is 2.90. The fraction of sp³-hybridized carbons (Fsp3) is 0.538. The summed E-state index contributed by atoms with van der Waals surface area (Å²) in [4.78, 5) is 7.99. The van der Waals surface area contributed by atoms with Crippen LogP contribution in [0.15, 0.2) is 18.5 Å². The SMILES string of the molecule is NC/C=C/CNc1ncnc(N[C@@H]2OC(CO)[C@@H](O[PH](=O)S)[C@H]2F)c1N. The summed E-state index contributed by atoms with van der Waals surface area (Å²) < 4.78 is 36.0. The van der Waals surface area contributed by atoms with Crippen molar-refractivity contribution < 1.29 is 23.3 Å². The molecular formula is C13H22FN6O4PS. The number of aliphatic hydroxyl groups is 1. The lowest BCUT2D eigenvalue weighted by Crippen LogP contribution is -2.34. The molecule has 26 heavy (non-hydrogen) atoms. The summed E-state index contributed by atoms with van der Waals surface area (Å²) in [6, 6.07) is 0. The predicted octanol–water partition coefficient (Wildman–Crippen LogP) is 0.158. The fourth-order valence-electron chi connectivity index (χ4n) is 2.36. The van der Waals surface area contributed by atoms with E-state index in [2.05, 4.69) is 32.9 Å². The number of aliphatic hydroxyl groups excluding tert-OH is 1. The number of nitrogens with one attached hydrogen (secondary N) is 2. The molecule has 1 aliphatic heterocycles. The maximum Gasteiger partial charge on any atom is 0.243 e. The molecular weight excluding hydrogens is 386 g/mol. The first-order chi connectivity index (χ1) is 12.5. The molecule has 7 N–H and O–H groups in total. The highest BCUT2D eigenvalue weighted by atomic mass is 32.7. The first-order valence-corrected chi connectivity index (χ1v) is 10.3. The summed E-state index contributed by atoms with van der Waals surface area (Å²) in [6.45, 7) is 0.354. The Morgan fingerprint density at radius 1 is 1.46 bits per heavy atom. The second kappa shape index (κ2) is 10.0. The molecule has 2 unspecified atom stereocenters. The standard InChI is InChI=1S/C13H22FN6O4PS/c14-8-10(24-25(22)26)7(5-21)23-13(8)20-12-9(16)11(18-6-19-12)17-4-2-1-3-15/h1-2,6-8,10,13,21,25H,3-5,15-16H2,(H,22,26)(H2,17,18,19,20)/b2-1+/t7?,8-,10-,13-/m1/s1. The van der Waals surface area contributed by atoms with Crippen LogP contribution in [0, 0.1) is 0 Å². The lowest BCUT2D eigenvalue weighted by Gasteiger charge is -2.18. The maximum absolute atomic E-state index is 14.6. The minimum atomic E-state index is -2.71. The summed E-state index contributed by atoms with van der Waals surface area (Å²) in [5.74, 6) is 0.498. The van der Waals surface area contributed by atoms with Gasteiger partial charge in [-0.15, -0.1) is 0 Å². The Bertz CT molecular complexity index is 657. The number of ether oxygens (including phenoxy) is 1. The molecule has 13 heteroatoms. The molecule has 146 valence electrons. The van der Waals surface area contributed by atoms with Gasteiger partial charge in [-0.3, -0.25) is 4.57 Å². The first-order valence-electron chi connectivity index (χ1n) is 7.73. The third-order valence-corrected chi connectivity index (χ3v) is 4.35. The molecule has 1 aromatic rings. The molecule has 1 saturated heterocycles. The number of hydrogen-bond donors (Lipinski definition) is 6. The van der Waals surface area contributed by atoms with Crippen molar-refractivity contribution in [3.8, 4) is 0 Å². The zero-order chi connectivity index (χ0) is 19.1. The molecule has 1 fully saturated rings. The van der Waals surface area contributed by atoms with E-state index in [1.807, 2.05) is 0 Å². The normalized spacial score (nSPS) is 26.9. The highest BCUT2D eigenvalue weighted by Gasteiger charge is 2.46. The molecule has 2 heterocycles. The molecule has 0 radical (unpaired) electrons. The van der Waals surface area contributed by atoms with Gasteiger partial charge in [0.1, 0.15) is 24.2 Å². The molecule has 0 saturated carbocycles. The molecule has 5 atom stereocenters. The zero-order valence-electron chi connectivity index (χ0n) is 13.7. The van der Waals surface area contributed by atoms with Crippen LogP contribution in [-0.2, 0) is 13.8 Å². The van der Waals surface area contributed by atoms with Crippen molar-refractivity contribution in [1.29, 1.82) is 0 Å². The third-order valence-electron chi connectivity index (χ3n) is 3.56. The minimum Gasteiger partial charge on any atom is -0.394 e. The summed E-state index contributed by atoms with van der Waals surface area (Å²) in [7, 11) is -2.71. The maximum atomic E-state index is 14.6. The Kier molecular flexibility index (Phi) is 8.07. The van der Waals surface area contributed by atoms with E-state index in [-0.39, 0.29) is 11.5 Å². The van der Waals surface area contributed by atoms with Gasteiger partial charge in [-0.25, -0.2) is 14.4 Å². The summed E-state index contributed by atoms with van der Waals surface area (Å²) in [6.07, 6.45) is -0.305. The van der Waals surface area contributed by atoms with Gasteiger partial charge in [0.25, 0.3) is 0 Å². The number of nitrogens with two attached hydrogens (primary N) is 2. The second-order valence-corrected chi connectivity index (χ2v) is 7.15. The van der Waals surface area contributed by atoms with Gasteiger partial charge in [-0.1, -0.05) is 24.4 Å². The Morgan fingerprint density at radius 2 is 2.19 bits per heavy atom. The molecule has 10 nitrogen and oxygen atoms in total. The molecule has 0 spiro atoms. The molecule has 0 amide bonds. The number of aromatic nitrogens is 2. The van der Waals surface area contributed by atoms with Gasteiger partial charge in [0.15, 0.2) is 24.0 Å². The van der Waals surface area contributed by atoms with Crippen LogP contribution < -0.4 is 22.1 Å². The Labute approximate surface area is 155 Å². The van der Waals surface area contributed by atoms with Crippen molar-refractivity contribution in [2.75, 3.05) is 36.1 Å². The van der Waals surface area contributed by atoms with Gasteiger partial charge in [0.05, 0.1) is 6.61 Å². The number of rotatable bonds is 9. The summed E-state index contributed by atoms with van der Waals surface area (Å²) in [5.41, 5.74) is 11.5. The van der Waals surface area contributed by atoms with E-state index < -0.39 is 38.4 Å². The number of alkyl halides is 1. The van der Waals surface area contributed by atoms with Crippen molar-refractivity contribution in [2.45, 2.75) is 24.6 Å². The van der Waals surface area contributed by atoms with Crippen molar-refractivity contribution in [3.63, 3.8) is 0 Å². The Hall–Kier alpha value is -1.43. The van der Waals surface area contributed by atoms with Crippen LogP contribution in [0.25, 0.3) is 0 Å². The number of nitrogens with zero attached hydrogens (tertiary/aromatic N) is 2. The van der Waals surface area contributed by atoms with Crippen LogP contribution in [0.2, 0.25) is 0 Å². The summed E-state index contributed by atoms with van der Waals surface area (Å²) >= 11 is 3.64. The van der Waals surface area contributed by atoms with Gasteiger partial charge in [0.2, 0.25) is 7.23 Å². The third kappa shape index (κ3) is 5.29. The number of halogens is 1. The van der Waals surface area contributed by atoms with Gasteiger partial charge in [-0.05, 0) is 0 Å². The smallest absolute Gasteiger partial charge is 0.243 e. The van der Waals surface area contributed by atoms with Gasteiger partial charge >= 0.3 is 0 Å². The van der Waals surface area contributed by atoms with E-state index >= 15 is 0 Å². The average molecular weight is 408 g/mol. The quantitative estimate of drug-likeness (QED) is 0.189. The van der Waals surface area contributed by atoms with Crippen LogP contribution in [0.4, 0.5) is 21.7 Å². The highest BCUT2D eigenvalue weighted by Crippen LogP contribution is 2.37. The first kappa shape index (κ1) is 20.9. The van der Waals surface area contributed by atoms with Crippen LogP contribution in [0.5, 0.6) is 0 Å². The molecule has 2 rings (SSSR count). The number of anilines is 3. The molecule has 0 bridgehead atoms. The van der Waals surface area contributed by atoms with E-state index in [1.165, 1.54) is 6.33 Å². The number of thiol groups is 1. The molecule has 0 aromatic carbocycles. The fourth-order valence-corrected chi connectivity index (χ4v) is 3.24. The number of nitrogen functional groups attached to an aromatic ring is 1. The van der Waals surface area contributed by atoms with E-state index in [0.29, 0.717) is 18.9 Å². The molecule has 1 aromatic heterocycles. The van der Waals surface area contributed by atoms with E-state index in [0.717, 1.165) is 0 Å². The lowest BCUT2D eigenvalue weighted by molar-refractivity contribution is -0.00632. The van der Waals surface area contributed by atoms with E-state index in [4.69, 9.17) is 20.7 Å². The zero-order valence-corrected chi connectivity index (χ0v) is 15.6. The van der Waals surface area contributed by atoms with Crippen LogP contribution in [0.1, 0.15) is 0 Å². The lowest BCUT2D eigenvalue weighted by atomic mass is 10.1. The number of hydrogen-bond acceptors (Lipinski definition) is 10. The van der Waals surface area contributed by atoms with Crippen molar-refractivity contribution in [2.24, 2.45) is 5.73 Å². The molecule has 1 aliphatic rings. The highest BCUT2D eigenvalue weighted by molar-refractivity contribution is 8.39. The summed E-state index contributed by atoms with van der Waals surface area (Å²) in [5, 5.41) is 15.0. The van der Waals surface area contributed by atoms with E-state index in [1.54, 1.807) is 12.2 Å². The Balaban J connectivity index is 2.08. The largest absolute Gasteiger partial charge is 0.394 e. The van der Waals surface area contributed by atoms with E-state index in [9.17, 15) is 14.1 Å². The van der Waals surface area contributed by atoms with Gasteiger partial charge in [-0.2, -0.15) is 0 Å². The minimum absolute atomic E-state index is 0.147. The van der Waals surface area contributed by atoms with Crippen LogP contribution >= 0.6 is 19.5 Å². The predicted molar refractivity (Wildman–Crippen MR) is 100 cm³/mol. The molecule has 0 aliphatic carbocycles. The monoisotopic (exact) mass is 408 g/mol. The van der Waals surface area contributed by atoms with Crippen LogP contribution in [-0.4, -0.2) is 59.4 Å². The van der Waals surface area contributed by atoms with Crippen molar-refractivity contribution in [1.82, 2.24) is 9.97 Å². The Morgan fingerprint density at radius 3 is 2.85 bits per heavy atom. The van der Waals surface area contributed by atoms with Crippen molar-refractivity contribution >= 4 is 36.8 Å². The second-order valence-electron chi connectivity index (χ2n) is 5.29.